The molecule has 2 aromatic rings. The van der Waals surface area contributed by atoms with Gasteiger partial charge in [-0.05, 0) is 12.1 Å². The molecule has 0 saturated carbocycles. The van der Waals surface area contributed by atoms with Gasteiger partial charge in [0.15, 0.2) is 0 Å². The molecule has 0 heterocycles. The third-order valence-electron chi connectivity index (χ3n) is 6.53. The first-order chi connectivity index (χ1) is 26.0. The first-order valence-electron chi connectivity index (χ1n) is 17.5. The van der Waals surface area contributed by atoms with Crippen LogP contribution in [-0.2, 0) is 71.2 Å². The maximum atomic E-state index is 12.0. The Labute approximate surface area is 312 Å². The molecule has 53 heavy (non-hydrogen) atoms. The van der Waals surface area contributed by atoms with E-state index in [2.05, 4.69) is 0 Å². The number of hydrogen-bond donors (Lipinski definition) is 0. The molecule has 17 heteroatoms. The van der Waals surface area contributed by atoms with Crippen LogP contribution < -0.4 is 0 Å². The quantitative estimate of drug-likeness (QED) is 0.0320. The van der Waals surface area contributed by atoms with Crippen molar-refractivity contribution in [2.45, 2.75) is 4.90 Å². The van der Waals surface area contributed by atoms with E-state index >= 15 is 0 Å². The molecule has 300 valence electrons. The molecule has 0 amide bonds. The Hall–Kier alpha value is -2.91. The van der Waals surface area contributed by atoms with Crippen molar-refractivity contribution in [1.82, 2.24) is 0 Å². The summed E-state index contributed by atoms with van der Waals surface area (Å²) in [5.41, 5.74) is 0.288. The van der Waals surface area contributed by atoms with Crippen molar-refractivity contribution < 1.29 is 74.3 Å². The minimum atomic E-state index is -3.77. The Morgan fingerprint density at radius 1 is 0.377 bits per heavy atom. The number of carbonyl (C=O) groups excluding carboxylic acids is 2. The number of ether oxygens (including phenoxy) is 11. The Kier molecular flexibility index (Phi) is 28.4. The van der Waals surface area contributed by atoms with E-state index in [1.807, 2.05) is 0 Å². The van der Waals surface area contributed by atoms with Gasteiger partial charge < -0.3 is 52.1 Å². The second kappa shape index (κ2) is 32.5. The average Bonchev–Trinajstić information content (AvgIpc) is 3.18. The van der Waals surface area contributed by atoms with Gasteiger partial charge in [0, 0.05) is 5.56 Å². The molecular weight excluding hydrogens is 720 g/mol. The molecule has 2 aromatic carbocycles. The van der Waals surface area contributed by atoms with E-state index in [-0.39, 0.29) is 36.9 Å². The predicted octanol–water partition coefficient (Wildman–Crippen LogP) is 1.98. The molecule has 0 aromatic heterocycles. The summed E-state index contributed by atoms with van der Waals surface area (Å²) in [6.45, 7) is 7.76. The van der Waals surface area contributed by atoms with Crippen molar-refractivity contribution >= 4 is 21.9 Å². The van der Waals surface area contributed by atoms with Gasteiger partial charge in [-0.3, -0.25) is 8.98 Å². The highest BCUT2D eigenvalue weighted by molar-refractivity contribution is 7.86. The summed E-state index contributed by atoms with van der Waals surface area (Å²) >= 11 is 0. The Morgan fingerprint density at radius 2 is 0.660 bits per heavy atom. The zero-order valence-electron chi connectivity index (χ0n) is 30.3. The molecule has 0 aliphatic carbocycles. The van der Waals surface area contributed by atoms with Crippen LogP contribution in [0.4, 0.5) is 0 Å². The second-order valence-corrected chi connectivity index (χ2v) is 12.2. The molecule has 0 radical (unpaired) electrons. The van der Waals surface area contributed by atoms with Crippen molar-refractivity contribution in [2.24, 2.45) is 0 Å². The van der Waals surface area contributed by atoms with Gasteiger partial charge in [0.1, 0.15) is 6.61 Å². The summed E-state index contributed by atoms with van der Waals surface area (Å²) in [7, 11) is -3.77. The lowest BCUT2D eigenvalue weighted by Crippen LogP contribution is -2.20. The topological polar surface area (TPSA) is 179 Å². The first kappa shape index (κ1) is 46.2. The lowest BCUT2D eigenvalue weighted by atomic mass is 10.1. The van der Waals surface area contributed by atoms with Crippen molar-refractivity contribution in [3.05, 3.63) is 66.2 Å². The second-order valence-electron chi connectivity index (χ2n) is 10.5. The molecule has 0 spiro atoms. The van der Waals surface area contributed by atoms with Crippen LogP contribution in [0.25, 0.3) is 0 Å². The Morgan fingerprint density at radius 3 is 1.00 bits per heavy atom. The lowest BCUT2D eigenvalue weighted by Gasteiger charge is -2.09. The SMILES string of the molecule is O=C(OCCOCCOCCOCCOCCOCCOCCOCCOCCOCCOCCOS(=O)(=O)c1ccccc1)C(=O)c1ccccc1. The lowest BCUT2D eigenvalue weighted by molar-refractivity contribution is -0.139. The molecular formula is C36H54O16S. The van der Waals surface area contributed by atoms with Crippen molar-refractivity contribution in [3.8, 4) is 0 Å². The summed E-state index contributed by atoms with van der Waals surface area (Å²) in [4.78, 5) is 23.7. The third-order valence-corrected chi connectivity index (χ3v) is 7.85. The van der Waals surface area contributed by atoms with Crippen LogP contribution in [0.15, 0.2) is 65.6 Å². The zero-order valence-corrected chi connectivity index (χ0v) is 31.1. The van der Waals surface area contributed by atoms with Crippen molar-refractivity contribution in [2.75, 3.05) is 145 Å². The van der Waals surface area contributed by atoms with E-state index in [1.165, 1.54) is 12.1 Å². The van der Waals surface area contributed by atoms with Gasteiger partial charge in [0.2, 0.25) is 0 Å². The molecule has 0 atom stereocenters. The zero-order chi connectivity index (χ0) is 37.9. The number of ketones is 1. The van der Waals surface area contributed by atoms with Gasteiger partial charge in [0.25, 0.3) is 15.9 Å². The maximum Gasteiger partial charge on any atom is 0.379 e. The molecule has 2 rings (SSSR count). The van der Waals surface area contributed by atoms with E-state index in [1.54, 1.807) is 48.5 Å². The monoisotopic (exact) mass is 774 g/mol. The third kappa shape index (κ3) is 25.7. The summed E-state index contributed by atoms with van der Waals surface area (Å²) in [6.07, 6.45) is 0. The van der Waals surface area contributed by atoms with Gasteiger partial charge in [-0.25, -0.2) is 4.79 Å². The standard InChI is InChI=1S/C36H54O16S/c37-35(33-7-3-1-4-8-33)36(38)51-31-29-49-27-25-47-23-21-45-19-17-43-15-13-41-11-12-42-14-16-44-18-20-46-22-24-48-26-28-50-30-32-52-53(39,40)34-9-5-2-6-10-34/h1-10H,11-32H2. The van der Waals surface area contributed by atoms with Gasteiger partial charge >= 0.3 is 5.97 Å². The van der Waals surface area contributed by atoms with Crippen LogP contribution in [0.5, 0.6) is 0 Å². The van der Waals surface area contributed by atoms with Gasteiger partial charge in [-0.15, -0.1) is 0 Å². The molecule has 0 fully saturated rings. The van der Waals surface area contributed by atoms with Crippen LogP contribution in [0.1, 0.15) is 10.4 Å². The van der Waals surface area contributed by atoms with E-state index in [0.717, 1.165) is 0 Å². The number of carbonyl (C=O) groups is 2. The number of rotatable bonds is 37. The summed E-state index contributed by atoms with van der Waals surface area (Å²) < 4.78 is 88.0. The molecule has 0 unspecified atom stereocenters. The highest BCUT2D eigenvalue weighted by Gasteiger charge is 2.17. The molecule has 0 aliphatic rings. The van der Waals surface area contributed by atoms with Gasteiger partial charge in [-0.2, -0.15) is 8.42 Å². The summed E-state index contributed by atoms with van der Waals surface area (Å²) in [5.74, 6) is -1.59. The van der Waals surface area contributed by atoms with Gasteiger partial charge in [-0.1, -0.05) is 48.5 Å². The highest BCUT2D eigenvalue weighted by Crippen LogP contribution is 2.10. The average molecular weight is 775 g/mol. The summed E-state index contributed by atoms with van der Waals surface area (Å²) in [5, 5.41) is 0. The number of hydrogen-bond acceptors (Lipinski definition) is 16. The van der Waals surface area contributed by atoms with Crippen LogP contribution >= 0.6 is 0 Å². The fourth-order valence-corrected chi connectivity index (χ4v) is 4.82. The van der Waals surface area contributed by atoms with E-state index in [4.69, 9.17) is 56.3 Å². The fourth-order valence-electron chi connectivity index (χ4n) is 3.91. The van der Waals surface area contributed by atoms with Crippen molar-refractivity contribution in [3.63, 3.8) is 0 Å². The molecule has 0 saturated heterocycles. The number of Topliss-reactive ketones (excluding diaryl/α,β-unsaturated/α-hetero) is 1. The van der Waals surface area contributed by atoms with Crippen molar-refractivity contribution in [1.29, 1.82) is 0 Å². The van der Waals surface area contributed by atoms with Crippen LogP contribution in [-0.4, -0.2) is 166 Å². The Balaban J connectivity index is 1.17. The van der Waals surface area contributed by atoms with Crippen LogP contribution in [0.2, 0.25) is 0 Å². The van der Waals surface area contributed by atoms with E-state index in [0.29, 0.717) is 119 Å². The fraction of sp³-hybridized carbons (Fsp3) is 0.611. The smallest absolute Gasteiger partial charge is 0.379 e. The first-order valence-corrected chi connectivity index (χ1v) is 18.9. The highest BCUT2D eigenvalue weighted by atomic mass is 32.2. The minimum Gasteiger partial charge on any atom is -0.457 e. The number of esters is 1. The molecule has 0 N–H and O–H groups in total. The normalized spacial score (nSPS) is 11.5. The number of benzene rings is 2. The van der Waals surface area contributed by atoms with Gasteiger partial charge in [0.05, 0.1) is 144 Å². The Bertz CT molecular complexity index is 1270. The van der Waals surface area contributed by atoms with E-state index < -0.39 is 21.9 Å². The maximum absolute atomic E-state index is 12.0. The van der Waals surface area contributed by atoms with E-state index in [9.17, 15) is 18.0 Å². The minimum absolute atomic E-state index is 0.0120. The molecule has 16 nitrogen and oxygen atoms in total. The molecule has 0 aliphatic heterocycles. The van der Waals surface area contributed by atoms with Crippen LogP contribution in [0.3, 0.4) is 0 Å². The van der Waals surface area contributed by atoms with Crippen LogP contribution in [0, 0.1) is 0 Å². The predicted molar refractivity (Wildman–Crippen MR) is 190 cm³/mol. The molecule has 0 bridgehead atoms. The largest absolute Gasteiger partial charge is 0.457 e. The summed E-state index contributed by atoms with van der Waals surface area (Å²) in [6, 6.07) is 16.2.